The zero-order chi connectivity index (χ0) is 10.8. The van der Waals surface area contributed by atoms with E-state index in [2.05, 4.69) is 20.9 Å². The van der Waals surface area contributed by atoms with E-state index in [1.165, 1.54) is 10.8 Å². The summed E-state index contributed by atoms with van der Waals surface area (Å²) in [5, 5.41) is 3.91. The lowest BCUT2D eigenvalue weighted by Crippen LogP contribution is -2.29. The zero-order valence-electron chi connectivity index (χ0n) is 7.57. The lowest BCUT2D eigenvalue weighted by Gasteiger charge is -2.02. The van der Waals surface area contributed by atoms with Crippen LogP contribution in [-0.2, 0) is 6.54 Å². The van der Waals surface area contributed by atoms with E-state index in [4.69, 9.17) is 0 Å². The van der Waals surface area contributed by atoms with Crippen molar-refractivity contribution in [2.45, 2.75) is 6.54 Å². The topological polar surface area (TPSA) is 54.9 Å². The molecule has 0 fully saturated rings. The van der Waals surface area contributed by atoms with Crippen LogP contribution in [0.1, 0.15) is 5.56 Å². The highest BCUT2D eigenvalue weighted by Gasteiger charge is 2.02. The lowest BCUT2D eigenvalue weighted by molar-refractivity contribution is 0.717. The predicted molar refractivity (Wildman–Crippen MR) is 62.4 cm³/mol. The van der Waals surface area contributed by atoms with Crippen LogP contribution in [-0.4, -0.2) is 9.55 Å². The molecule has 0 aliphatic rings. The summed E-state index contributed by atoms with van der Waals surface area (Å²) in [7, 11) is 0. The van der Waals surface area contributed by atoms with E-state index in [9.17, 15) is 9.59 Å². The van der Waals surface area contributed by atoms with Gasteiger partial charge in [-0.05, 0) is 38.3 Å². The molecule has 0 atom stereocenters. The van der Waals surface area contributed by atoms with Crippen molar-refractivity contribution in [3.8, 4) is 0 Å². The van der Waals surface area contributed by atoms with E-state index < -0.39 is 11.2 Å². The molecular weight excluding hydrogens is 280 g/mol. The fourth-order valence-corrected chi connectivity index (χ4v) is 2.19. The van der Waals surface area contributed by atoms with Crippen LogP contribution in [0, 0.1) is 0 Å². The van der Waals surface area contributed by atoms with Crippen molar-refractivity contribution in [3.05, 3.63) is 53.9 Å². The number of aromatic nitrogens is 2. The Morgan fingerprint density at radius 2 is 2.27 bits per heavy atom. The van der Waals surface area contributed by atoms with Gasteiger partial charge in [0.1, 0.15) is 0 Å². The molecule has 1 N–H and O–H groups in total. The molecule has 2 aromatic rings. The van der Waals surface area contributed by atoms with E-state index in [0.717, 1.165) is 5.56 Å². The Balaban J connectivity index is 2.42. The molecule has 0 aromatic carbocycles. The molecule has 0 aliphatic heterocycles. The van der Waals surface area contributed by atoms with Gasteiger partial charge in [-0.25, -0.2) is 4.79 Å². The highest BCUT2D eigenvalue weighted by Crippen LogP contribution is 2.07. The number of thiophene rings is 1. The molecular formula is C9H7BrN2O2S. The number of H-pyrrole nitrogens is 1. The minimum Gasteiger partial charge on any atom is -0.295 e. The van der Waals surface area contributed by atoms with Gasteiger partial charge in [0, 0.05) is 6.20 Å². The van der Waals surface area contributed by atoms with Gasteiger partial charge >= 0.3 is 5.69 Å². The Kier molecular flexibility index (Phi) is 2.88. The minimum atomic E-state index is -0.401. The van der Waals surface area contributed by atoms with Crippen LogP contribution < -0.4 is 11.2 Å². The van der Waals surface area contributed by atoms with Crippen molar-refractivity contribution in [3.63, 3.8) is 0 Å². The maximum atomic E-state index is 11.4. The number of halogens is 1. The van der Waals surface area contributed by atoms with Gasteiger partial charge in [-0.3, -0.25) is 14.3 Å². The molecule has 4 nitrogen and oxygen atoms in total. The highest BCUT2D eigenvalue weighted by molar-refractivity contribution is 9.10. The number of nitrogens with one attached hydrogen (secondary N) is 1. The first kappa shape index (κ1) is 10.4. The van der Waals surface area contributed by atoms with Gasteiger partial charge in [-0.2, -0.15) is 11.3 Å². The van der Waals surface area contributed by atoms with Crippen molar-refractivity contribution in [2.24, 2.45) is 0 Å². The van der Waals surface area contributed by atoms with Crippen molar-refractivity contribution >= 4 is 27.3 Å². The van der Waals surface area contributed by atoms with Gasteiger partial charge in [0.2, 0.25) is 0 Å². The minimum absolute atomic E-state index is 0.359. The summed E-state index contributed by atoms with van der Waals surface area (Å²) in [5.41, 5.74) is 0.247. The van der Waals surface area contributed by atoms with E-state index in [1.54, 1.807) is 11.3 Å². The molecule has 2 rings (SSSR count). The zero-order valence-corrected chi connectivity index (χ0v) is 9.97. The van der Waals surface area contributed by atoms with Crippen LogP contribution >= 0.6 is 27.3 Å². The smallest absolute Gasteiger partial charge is 0.295 e. The summed E-state index contributed by atoms with van der Waals surface area (Å²) in [6.07, 6.45) is 1.50. The molecule has 0 radical (unpaired) electrons. The fraction of sp³-hybridized carbons (Fsp3) is 0.111. The average molecular weight is 287 g/mol. The van der Waals surface area contributed by atoms with Gasteiger partial charge in [-0.1, -0.05) is 0 Å². The van der Waals surface area contributed by atoms with Gasteiger partial charge in [-0.15, -0.1) is 0 Å². The molecule has 0 amide bonds. The van der Waals surface area contributed by atoms with Gasteiger partial charge in [0.25, 0.3) is 5.56 Å². The second kappa shape index (κ2) is 4.16. The van der Waals surface area contributed by atoms with Crippen LogP contribution in [0.4, 0.5) is 0 Å². The van der Waals surface area contributed by atoms with Crippen LogP contribution in [0.5, 0.6) is 0 Å². The van der Waals surface area contributed by atoms with Crippen LogP contribution in [0.3, 0.4) is 0 Å². The summed E-state index contributed by atoms with van der Waals surface area (Å²) < 4.78 is 1.81. The second-order valence-electron chi connectivity index (χ2n) is 3.00. The molecule has 0 spiro atoms. The monoisotopic (exact) mass is 286 g/mol. The summed E-state index contributed by atoms with van der Waals surface area (Å²) in [6, 6.07) is 1.94. The van der Waals surface area contributed by atoms with Crippen LogP contribution in [0.15, 0.2) is 37.1 Å². The van der Waals surface area contributed by atoms with E-state index >= 15 is 0 Å². The van der Waals surface area contributed by atoms with Crippen LogP contribution in [0.25, 0.3) is 0 Å². The SMILES string of the molecule is O=c1[nH]c(=O)n(Cc2ccsc2)cc1Br. The van der Waals surface area contributed by atoms with Gasteiger partial charge in [0.05, 0.1) is 11.0 Å². The Labute approximate surface area is 97.3 Å². The molecule has 0 saturated carbocycles. The van der Waals surface area contributed by atoms with Crippen molar-refractivity contribution in [1.82, 2.24) is 9.55 Å². The molecule has 0 bridgehead atoms. The molecule has 0 saturated heterocycles. The summed E-state index contributed by atoms with van der Waals surface area (Å²) in [4.78, 5) is 24.7. The largest absolute Gasteiger partial charge is 0.328 e. The number of hydrogen-bond acceptors (Lipinski definition) is 3. The Morgan fingerprint density at radius 3 is 2.93 bits per heavy atom. The maximum Gasteiger partial charge on any atom is 0.328 e. The number of nitrogens with zero attached hydrogens (tertiary/aromatic N) is 1. The Morgan fingerprint density at radius 1 is 1.47 bits per heavy atom. The first-order chi connectivity index (χ1) is 7.16. The second-order valence-corrected chi connectivity index (χ2v) is 4.63. The van der Waals surface area contributed by atoms with Gasteiger partial charge in [0.15, 0.2) is 0 Å². The van der Waals surface area contributed by atoms with E-state index in [-0.39, 0.29) is 0 Å². The summed E-state index contributed by atoms with van der Waals surface area (Å²) in [6.45, 7) is 0.470. The number of hydrogen-bond donors (Lipinski definition) is 1. The highest BCUT2D eigenvalue weighted by atomic mass is 79.9. The quantitative estimate of drug-likeness (QED) is 0.908. The third-order valence-electron chi connectivity index (χ3n) is 1.90. The molecule has 15 heavy (non-hydrogen) atoms. The van der Waals surface area contributed by atoms with E-state index in [1.807, 2.05) is 16.8 Å². The number of aromatic amines is 1. The van der Waals surface area contributed by atoms with Crippen molar-refractivity contribution in [2.75, 3.05) is 0 Å². The Hall–Kier alpha value is -1.14. The van der Waals surface area contributed by atoms with Crippen molar-refractivity contribution < 1.29 is 0 Å². The lowest BCUT2D eigenvalue weighted by atomic mass is 10.3. The molecule has 2 aromatic heterocycles. The van der Waals surface area contributed by atoms with Crippen LogP contribution in [0.2, 0.25) is 0 Å². The third kappa shape index (κ3) is 2.27. The number of rotatable bonds is 2. The predicted octanol–water partition coefficient (Wildman–Crippen LogP) is 1.41. The Bertz CT molecular complexity index is 571. The standard InChI is InChI=1S/C9H7BrN2O2S/c10-7-4-12(9(14)11-8(7)13)3-6-1-2-15-5-6/h1-2,4-5H,3H2,(H,11,13,14). The molecule has 78 valence electrons. The molecule has 2 heterocycles. The maximum absolute atomic E-state index is 11.4. The average Bonchev–Trinajstić information content (AvgIpc) is 2.67. The summed E-state index contributed by atoms with van der Waals surface area (Å²) in [5.74, 6) is 0. The third-order valence-corrected chi connectivity index (χ3v) is 3.20. The summed E-state index contributed by atoms with van der Waals surface area (Å²) >= 11 is 4.66. The molecule has 0 unspecified atom stereocenters. The molecule has 0 aliphatic carbocycles. The van der Waals surface area contributed by atoms with Crippen molar-refractivity contribution in [1.29, 1.82) is 0 Å². The first-order valence-corrected chi connectivity index (χ1v) is 5.91. The normalized spacial score (nSPS) is 10.5. The fourth-order valence-electron chi connectivity index (χ4n) is 1.18. The molecule has 6 heteroatoms. The van der Waals surface area contributed by atoms with Gasteiger partial charge < -0.3 is 0 Å². The first-order valence-electron chi connectivity index (χ1n) is 4.17. The van der Waals surface area contributed by atoms with E-state index in [0.29, 0.717) is 11.0 Å².